The van der Waals surface area contributed by atoms with E-state index in [1.54, 1.807) is 12.1 Å². The number of alkyl halides is 2. The quantitative estimate of drug-likeness (QED) is 0.756. The number of hydrogen-bond donors (Lipinski definition) is 2. The molecular formula is C16H16F2N2O5. The third kappa shape index (κ3) is 5.48. The summed E-state index contributed by atoms with van der Waals surface area (Å²) in [6, 6.07) is 7.19. The highest BCUT2D eigenvalue weighted by Gasteiger charge is 2.15. The first-order chi connectivity index (χ1) is 12.0. The maximum Gasteiger partial charge on any atom is 0.387 e. The third-order valence-electron chi connectivity index (χ3n) is 3.09. The predicted octanol–water partition coefficient (Wildman–Crippen LogP) is 1.94. The number of hydrogen-bond acceptors (Lipinski definition) is 5. The van der Waals surface area contributed by atoms with Crippen LogP contribution < -0.4 is 20.1 Å². The molecule has 0 unspecified atom stereocenters. The smallest absolute Gasteiger partial charge is 0.387 e. The second kappa shape index (κ2) is 8.67. The van der Waals surface area contributed by atoms with E-state index in [0.29, 0.717) is 5.76 Å². The molecule has 2 aromatic rings. The van der Waals surface area contributed by atoms with Crippen LogP contribution in [0.3, 0.4) is 0 Å². The highest BCUT2D eigenvalue weighted by Crippen LogP contribution is 2.29. The van der Waals surface area contributed by atoms with Gasteiger partial charge in [0, 0.05) is 5.56 Å². The van der Waals surface area contributed by atoms with E-state index >= 15 is 0 Å². The Hall–Kier alpha value is -3.10. The summed E-state index contributed by atoms with van der Waals surface area (Å²) in [5.41, 5.74) is 0.0512. The van der Waals surface area contributed by atoms with Crippen LogP contribution in [-0.4, -0.2) is 32.1 Å². The number of methoxy groups -OCH3 is 1. The summed E-state index contributed by atoms with van der Waals surface area (Å²) in [4.78, 5) is 23.7. The van der Waals surface area contributed by atoms with Gasteiger partial charge in [-0.05, 0) is 30.3 Å². The van der Waals surface area contributed by atoms with Crippen molar-refractivity contribution in [1.82, 2.24) is 10.6 Å². The van der Waals surface area contributed by atoms with Gasteiger partial charge in [-0.2, -0.15) is 8.78 Å². The molecule has 2 amide bonds. The van der Waals surface area contributed by atoms with Gasteiger partial charge in [0.25, 0.3) is 5.91 Å². The van der Waals surface area contributed by atoms with Crippen LogP contribution >= 0.6 is 0 Å². The lowest BCUT2D eigenvalue weighted by atomic mass is 10.2. The fraction of sp³-hybridized carbons (Fsp3) is 0.250. The number of nitrogens with one attached hydrogen (secondary N) is 2. The first-order valence-electron chi connectivity index (χ1n) is 7.19. The van der Waals surface area contributed by atoms with Gasteiger partial charge in [0.1, 0.15) is 5.76 Å². The maximum atomic E-state index is 12.4. The van der Waals surface area contributed by atoms with Crippen molar-refractivity contribution in [3.8, 4) is 11.5 Å². The predicted molar refractivity (Wildman–Crippen MR) is 82.5 cm³/mol. The van der Waals surface area contributed by atoms with Crippen LogP contribution in [-0.2, 0) is 11.3 Å². The molecule has 25 heavy (non-hydrogen) atoms. The van der Waals surface area contributed by atoms with E-state index in [1.807, 2.05) is 0 Å². The average Bonchev–Trinajstić information content (AvgIpc) is 3.10. The number of halogens is 2. The van der Waals surface area contributed by atoms with Gasteiger partial charge in [0.15, 0.2) is 11.5 Å². The van der Waals surface area contributed by atoms with Crippen molar-refractivity contribution >= 4 is 11.8 Å². The standard InChI is InChI=1S/C16H16F2N2O5/c1-23-12-5-4-10(7-13(12)25-16(17)18)15(22)20-9-14(21)19-8-11-3-2-6-24-11/h2-7,16H,8-9H2,1H3,(H,19,21)(H,20,22). The minimum Gasteiger partial charge on any atom is -0.493 e. The molecule has 0 atom stereocenters. The Morgan fingerprint density at radius 1 is 1.20 bits per heavy atom. The number of carbonyl (C=O) groups excluding carboxylic acids is 2. The Morgan fingerprint density at radius 3 is 2.64 bits per heavy atom. The molecular weight excluding hydrogens is 338 g/mol. The number of ether oxygens (including phenoxy) is 2. The number of amides is 2. The molecule has 0 bridgehead atoms. The van der Waals surface area contributed by atoms with E-state index in [0.717, 1.165) is 6.07 Å². The minimum atomic E-state index is -3.06. The lowest BCUT2D eigenvalue weighted by molar-refractivity contribution is -0.120. The van der Waals surface area contributed by atoms with E-state index in [9.17, 15) is 18.4 Å². The Balaban J connectivity index is 1.90. The molecule has 0 spiro atoms. The lowest BCUT2D eigenvalue weighted by Crippen LogP contribution is -2.36. The Bertz CT molecular complexity index is 719. The molecule has 0 aliphatic heterocycles. The number of furan rings is 1. The van der Waals surface area contributed by atoms with E-state index in [-0.39, 0.29) is 30.2 Å². The van der Waals surface area contributed by atoms with Crippen LogP contribution in [0, 0.1) is 0 Å². The minimum absolute atomic E-state index is 0.0512. The first-order valence-corrected chi connectivity index (χ1v) is 7.19. The molecule has 0 aliphatic carbocycles. The average molecular weight is 354 g/mol. The third-order valence-corrected chi connectivity index (χ3v) is 3.09. The van der Waals surface area contributed by atoms with Gasteiger partial charge in [-0.3, -0.25) is 9.59 Å². The van der Waals surface area contributed by atoms with Crippen LogP contribution in [0.2, 0.25) is 0 Å². The van der Waals surface area contributed by atoms with Crippen LogP contribution in [0.1, 0.15) is 16.1 Å². The van der Waals surface area contributed by atoms with Gasteiger partial charge >= 0.3 is 6.61 Å². The van der Waals surface area contributed by atoms with Gasteiger partial charge in [-0.1, -0.05) is 0 Å². The summed E-state index contributed by atoms with van der Waals surface area (Å²) in [6.45, 7) is -3.15. The largest absolute Gasteiger partial charge is 0.493 e. The van der Waals surface area contributed by atoms with Crippen LogP contribution in [0.15, 0.2) is 41.0 Å². The second-order valence-electron chi connectivity index (χ2n) is 4.78. The monoisotopic (exact) mass is 354 g/mol. The fourth-order valence-electron chi connectivity index (χ4n) is 1.93. The number of benzene rings is 1. The van der Waals surface area contributed by atoms with Gasteiger partial charge < -0.3 is 24.5 Å². The molecule has 1 aromatic heterocycles. The summed E-state index contributed by atoms with van der Waals surface area (Å²) in [5.74, 6) is -0.679. The molecule has 9 heteroatoms. The van der Waals surface area contributed by atoms with Crippen LogP contribution in [0.25, 0.3) is 0 Å². The van der Waals surface area contributed by atoms with Gasteiger partial charge in [0.05, 0.1) is 26.5 Å². The summed E-state index contributed by atoms with van der Waals surface area (Å²) in [6.07, 6.45) is 1.48. The van der Waals surface area contributed by atoms with Crippen molar-refractivity contribution in [2.75, 3.05) is 13.7 Å². The topological polar surface area (TPSA) is 89.8 Å². The van der Waals surface area contributed by atoms with Crippen molar-refractivity contribution in [3.63, 3.8) is 0 Å². The summed E-state index contributed by atoms with van der Waals surface area (Å²) < 4.78 is 39.0. The van der Waals surface area contributed by atoms with E-state index in [2.05, 4.69) is 15.4 Å². The Morgan fingerprint density at radius 2 is 2.00 bits per heavy atom. The van der Waals surface area contributed by atoms with Crippen molar-refractivity contribution in [3.05, 3.63) is 47.9 Å². The second-order valence-corrected chi connectivity index (χ2v) is 4.78. The molecule has 0 aliphatic rings. The SMILES string of the molecule is COc1ccc(C(=O)NCC(=O)NCc2ccco2)cc1OC(F)F. The molecule has 0 fully saturated rings. The Kier molecular flexibility index (Phi) is 6.33. The van der Waals surface area contributed by atoms with Gasteiger partial charge in [-0.25, -0.2) is 0 Å². The zero-order valence-corrected chi connectivity index (χ0v) is 13.3. The highest BCUT2D eigenvalue weighted by atomic mass is 19.3. The van der Waals surface area contributed by atoms with E-state index in [4.69, 9.17) is 9.15 Å². The molecule has 1 aromatic carbocycles. The van der Waals surface area contributed by atoms with Crippen molar-refractivity contribution < 1.29 is 32.3 Å². The molecule has 0 radical (unpaired) electrons. The van der Waals surface area contributed by atoms with Crippen molar-refractivity contribution in [1.29, 1.82) is 0 Å². The van der Waals surface area contributed by atoms with Gasteiger partial charge in [0.2, 0.25) is 5.91 Å². The van der Waals surface area contributed by atoms with Crippen molar-refractivity contribution in [2.24, 2.45) is 0 Å². The molecule has 0 saturated carbocycles. The van der Waals surface area contributed by atoms with Crippen molar-refractivity contribution in [2.45, 2.75) is 13.2 Å². The lowest BCUT2D eigenvalue weighted by Gasteiger charge is -2.11. The van der Waals surface area contributed by atoms with Crippen LogP contribution in [0.4, 0.5) is 8.78 Å². The van der Waals surface area contributed by atoms with Gasteiger partial charge in [-0.15, -0.1) is 0 Å². The fourth-order valence-corrected chi connectivity index (χ4v) is 1.93. The van der Waals surface area contributed by atoms with E-state index < -0.39 is 18.4 Å². The number of rotatable bonds is 8. The first kappa shape index (κ1) is 18.2. The normalized spacial score (nSPS) is 10.4. The molecule has 134 valence electrons. The van der Waals surface area contributed by atoms with Crippen LogP contribution in [0.5, 0.6) is 11.5 Å². The summed E-state index contributed by atoms with van der Waals surface area (Å²) >= 11 is 0. The highest BCUT2D eigenvalue weighted by molar-refractivity contribution is 5.97. The number of carbonyl (C=O) groups is 2. The molecule has 2 N–H and O–H groups in total. The zero-order chi connectivity index (χ0) is 18.2. The molecule has 2 rings (SSSR count). The summed E-state index contributed by atoms with van der Waals surface area (Å²) in [5, 5.41) is 4.94. The molecule has 1 heterocycles. The Labute approximate surface area is 141 Å². The van der Waals surface area contributed by atoms with E-state index in [1.165, 1.54) is 25.5 Å². The summed E-state index contributed by atoms with van der Waals surface area (Å²) in [7, 11) is 1.29. The molecule has 7 nitrogen and oxygen atoms in total. The zero-order valence-electron chi connectivity index (χ0n) is 13.3. The molecule has 0 saturated heterocycles. The maximum absolute atomic E-state index is 12.4.